The van der Waals surface area contributed by atoms with Gasteiger partial charge in [0.15, 0.2) is 11.6 Å². The number of carbonyl (C=O) groups excluding carboxylic acids is 2. The molecule has 6 nitrogen and oxygen atoms in total. The molecule has 4 fully saturated rings. The number of ether oxygens (including phenoxy) is 3. The van der Waals surface area contributed by atoms with Crippen LogP contribution in [0.2, 0.25) is 0 Å². The molecule has 34 heavy (non-hydrogen) atoms. The number of unbranched alkanes of at least 4 members (excludes halogenated alkanes) is 1. The van der Waals surface area contributed by atoms with E-state index in [9.17, 15) is 14.7 Å². The molecule has 1 spiro atoms. The van der Waals surface area contributed by atoms with Crippen LogP contribution in [0, 0.1) is 34.5 Å². The summed E-state index contributed by atoms with van der Waals surface area (Å²) in [5, 5.41) is 11.7. The average Bonchev–Trinajstić information content (AvgIpc) is 3.08. The number of carbonyl (C=O) groups is 2. The van der Waals surface area contributed by atoms with Gasteiger partial charge in [-0.2, -0.15) is 0 Å². The SMILES string of the molecule is CCCCC1(OC)OCC(=O)[C@]2(CCC3C4C[C@H](C)C5=CC(=O)C=CC5(C)C4[C@@H](O)CC32C)O1. The highest BCUT2D eigenvalue weighted by Gasteiger charge is 2.72. The molecule has 1 N–H and O–H groups in total. The summed E-state index contributed by atoms with van der Waals surface area (Å²) in [6.45, 7) is 8.63. The van der Waals surface area contributed by atoms with Crippen molar-refractivity contribution in [2.75, 3.05) is 13.7 Å². The molecule has 3 saturated carbocycles. The molecule has 6 heteroatoms. The Morgan fingerprint density at radius 3 is 2.74 bits per heavy atom. The van der Waals surface area contributed by atoms with E-state index in [0.717, 1.165) is 31.3 Å². The van der Waals surface area contributed by atoms with E-state index in [1.54, 1.807) is 19.3 Å². The Kier molecular flexibility index (Phi) is 5.79. The van der Waals surface area contributed by atoms with E-state index in [4.69, 9.17) is 14.2 Å². The van der Waals surface area contributed by atoms with Crippen molar-refractivity contribution in [2.24, 2.45) is 34.5 Å². The number of hydrogen-bond acceptors (Lipinski definition) is 6. The van der Waals surface area contributed by atoms with E-state index in [-0.39, 0.29) is 47.3 Å². The molecule has 0 aromatic carbocycles. The van der Waals surface area contributed by atoms with Gasteiger partial charge in [0.05, 0.1) is 6.10 Å². The van der Waals surface area contributed by atoms with Crippen molar-refractivity contribution in [3.63, 3.8) is 0 Å². The number of Topliss-reactive ketones (excluding diaryl/α,β-unsaturated/α-hetero) is 1. The molecule has 1 heterocycles. The van der Waals surface area contributed by atoms with E-state index in [1.165, 1.54) is 0 Å². The third-order valence-corrected chi connectivity index (χ3v) is 10.3. The van der Waals surface area contributed by atoms with Gasteiger partial charge >= 0.3 is 0 Å². The van der Waals surface area contributed by atoms with Crippen molar-refractivity contribution in [3.05, 3.63) is 23.8 Å². The average molecular weight is 473 g/mol. The molecular formula is C28H40O6. The maximum absolute atomic E-state index is 13.6. The maximum atomic E-state index is 13.6. The summed E-state index contributed by atoms with van der Waals surface area (Å²) in [6, 6.07) is 0. The van der Waals surface area contributed by atoms with Crippen LogP contribution in [0.3, 0.4) is 0 Å². The second-order valence-electron chi connectivity index (χ2n) is 11.9. The summed E-state index contributed by atoms with van der Waals surface area (Å²) in [7, 11) is 1.59. The van der Waals surface area contributed by atoms with Gasteiger partial charge in [-0.3, -0.25) is 9.59 Å². The van der Waals surface area contributed by atoms with E-state index < -0.39 is 23.1 Å². The minimum Gasteiger partial charge on any atom is -0.393 e. The predicted octanol–water partition coefficient (Wildman–Crippen LogP) is 4.36. The lowest BCUT2D eigenvalue weighted by atomic mass is 9.44. The van der Waals surface area contributed by atoms with Gasteiger partial charge < -0.3 is 19.3 Å². The third-order valence-electron chi connectivity index (χ3n) is 10.3. The normalized spacial score (nSPS) is 50.1. The molecule has 5 aliphatic rings. The molecule has 5 rings (SSSR count). The first-order chi connectivity index (χ1) is 16.1. The van der Waals surface area contributed by atoms with Crippen molar-refractivity contribution >= 4 is 11.6 Å². The number of methoxy groups -OCH3 is 1. The van der Waals surface area contributed by atoms with Gasteiger partial charge in [-0.15, -0.1) is 0 Å². The maximum Gasteiger partial charge on any atom is 0.284 e. The standard InChI is InChI=1S/C28H40O6/c1-6-7-10-28(32-5)33-16-23(31)27(34-28)12-9-20-19-13-17(2)21-14-18(29)8-11-25(21,3)24(19)22(30)15-26(20,27)4/h8,11,14,17,19-20,22,24,30H,6-7,9-10,12-13,15-16H2,1-5H3/t17-,19?,20?,22-,24?,25?,26?,27-,28?/m0/s1. The number of ketones is 2. The Bertz CT molecular complexity index is 939. The van der Waals surface area contributed by atoms with Crippen LogP contribution in [0.1, 0.15) is 72.6 Å². The first-order valence-electron chi connectivity index (χ1n) is 13.1. The summed E-state index contributed by atoms with van der Waals surface area (Å²) in [4.78, 5) is 25.7. The van der Waals surface area contributed by atoms with Crippen molar-refractivity contribution in [2.45, 2.75) is 90.3 Å². The second kappa shape index (κ2) is 8.09. The summed E-state index contributed by atoms with van der Waals surface area (Å²) in [5.41, 5.74) is -0.710. The number of hydrogen-bond donors (Lipinski definition) is 1. The van der Waals surface area contributed by atoms with Crippen LogP contribution in [0.15, 0.2) is 23.8 Å². The molecule has 1 saturated heterocycles. The van der Waals surface area contributed by atoms with Crippen molar-refractivity contribution in [1.29, 1.82) is 0 Å². The zero-order valence-corrected chi connectivity index (χ0v) is 21.3. The summed E-state index contributed by atoms with van der Waals surface area (Å²) in [6.07, 6.45) is 10.3. The Balaban J connectivity index is 1.53. The van der Waals surface area contributed by atoms with Crippen LogP contribution in [0.5, 0.6) is 0 Å². The lowest BCUT2D eigenvalue weighted by Gasteiger charge is -2.62. The number of fused-ring (bicyclic) bond motifs is 6. The molecule has 0 aromatic rings. The summed E-state index contributed by atoms with van der Waals surface area (Å²) < 4.78 is 18.3. The first kappa shape index (κ1) is 24.4. The third kappa shape index (κ3) is 3.14. The quantitative estimate of drug-likeness (QED) is 0.655. The molecule has 9 atom stereocenters. The Morgan fingerprint density at radius 1 is 1.26 bits per heavy atom. The topological polar surface area (TPSA) is 82.1 Å². The molecule has 6 unspecified atom stereocenters. The fourth-order valence-corrected chi connectivity index (χ4v) is 8.73. The van der Waals surface area contributed by atoms with Crippen molar-refractivity contribution in [3.8, 4) is 0 Å². The summed E-state index contributed by atoms with van der Waals surface area (Å²) >= 11 is 0. The van der Waals surface area contributed by atoms with Gasteiger partial charge in [0, 0.05) is 30.3 Å². The van der Waals surface area contributed by atoms with Gasteiger partial charge in [0.1, 0.15) is 12.2 Å². The molecule has 4 aliphatic carbocycles. The fourth-order valence-electron chi connectivity index (χ4n) is 8.73. The molecule has 0 bridgehead atoms. The van der Waals surface area contributed by atoms with Crippen LogP contribution in [0.25, 0.3) is 0 Å². The van der Waals surface area contributed by atoms with Crippen molar-refractivity contribution in [1.82, 2.24) is 0 Å². The highest BCUT2D eigenvalue weighted by molar-refractivity contribution is 6.01. The Hall–Kier alpha value is -1.34. The number of aliphatic hydroxyl groups excluding tert-OH is 1. The lowest BCUT2D eigenvalue weighted by Crippen LogP contribution is -2.67. The smallest absolute Gasteiger partial charge is 0.284 e. The van der Waals surface area contributed by atoms with E-state index >= 15 is 0 Å². The number of aliphatic hydroxyl groups is 1. The van der Waals surface area contributed by atoms with Crippen LogP contribution < -0.4 is 0 Å². The molecular weight excluding hydrogens is 432 g/mol. The Labute approximate surface area is 203 Å². The van der Waals surface area contributed by atoms with Gasteiger partial charge in [-0.25, -0.2) is 0 Å². The molecule has 188 valence electrons. The monoisotopic (exact) mass is 472 g/mol. The minimum atomic E-state index is -1.21. The predicted molar refractivity (Wildman–Crippen MR) is 127 cm³/mol. The zero-order valence-electron chi connectivity index (χ0n) is 21.3. The second-order valence-corrected chi connectivity index (χ2v) is 11.9. The Morgan fingerprint density at radius 2 is 2.03 bits per heavy atom. The highest BCUT2D eigenvalue weighted by Crippen LogP contribution is 2.69. The van der Waals surface area contributed by atoms with Crippen LogP contribution >= 0.6 is 0 Å². The zero-order chi connectivity index (χ0) is 24.5. The largest absolute Gasteiger partial charge is 0.393 e. The van der Waals surface area contributed by atoms with Gasteiger partial charge in [-0.05, 0) is 62.0 Å². The van der Waals surface area contributed by atoms with E-state index in [2.05, 4.69) is 27.7 Å². The molecule has 0 amide bonds. The number of allylic oxidation sites excluding steroid dienone is 4. The molecule has 0 aromatic heterocycles. The molecule has 0 radical (unpaired) electrons. The number of rotatable bonds is 4. The van der Waals surface area contributed by atoms with E-state index in [0.29, 0.717) is 19.3 Å². The fraction of sp³-hybridized carbons (Fsp3) is 0.786. The first-order valence-corrected chi connectivity index (χ1v) is 13.1. The van der Waals surface area contributed by atoms with Gasteiger partial charge in [-0.1, -0.05) is 45.8 Å². The molecule has 1 aliphatic heterocycles. The van der Waals surface area contributed by atoms with E-state index in [1.807, 2.05) is 6.08 Å². The summed E-state index contributed by atoms with van der Waals surface area (Å²) in [5.74, 6) is -0.429. The van der Waals surface area contributed by atoms with Crippen molar-refractivity contribution < 1.29 is 28.9 Å². The highest BCUT2D eigenvalue weighted by atomic mass is 16.9. The lowest BCUT2D eigenvalue weighted by molar-refractivity contribution is -0.426. The van der Waals surface area contributed by atoms with Gasteiger partial charge in [0.25, 0.3) is 5.97 Å². The minimum absolute atomic E-state index is 0.0179. The van der Waals surface area contributed by atoms with Crippen LogP contribution in [0.4, 0.5) is 0 Å². The van der Waals surface area contributed by atoms with Gasteiger partial charge in [0.2, 0.25) is 0 Å². The van der Waals surface area contributed by atoms with Crippen LogP contribution in [-0.2, 0) is 23.8 Å². The van der Waals surface area contributed by atoms with Crippen LogP contribution in [-0.4, -0.2) is 48.1 Å².